The van der Waals surface area contributed by atoms with E-state index in [0.717, 1.165) is 34.3 Å². The Morgan fingerprint density at radius 1 is 1.43 bits per heavy atom. The Labute approximate surface area is 136 Å². The Bertz CT molecular complexity index is 838. The predicted molar refractivity (Wildman–Crippen MR) is 90.4 cm³/mol. The lowest BCUT2D eigenvalue weighted by molar-refractivity contribution is -0.132. The molecule has 2 aromatic rings. The topological polar surface area (TPSA) is 85.8 Å². The van der Waals surface area contributed by atoms with Gasteiger partial charge in [0, 0.05) is 36.8 Å². The van der Waals surface area contributed by atoms with Crippen LogP contribution in [0.25, 0.3) is 10.9 Å². The molecule has 2 N–H and O–H groups in total. The summed E-state index contributed by atoms with van der Waals surface area (Å²) in [5.74, 6) is -1.44. The van der Waals surface area contributed by atoms with Crippen molar-refractivity contribution in [1.29, 1.82) is 0 Å². The third-order valence-electron chi connectivity index (χ3n) is 3.61. The van der Waals surface area contributed by atoms with Gasteiger partial charge in [0.05, 0.1) is 4.91 Å². The number of fused-ring (bicyclic) bond motifs is 1. The number of aromatic amines is 1. The summed E-state index contributed by atoms with van der Waals surface area (Å²) in [6.07, 6.45) is 3.54. The zero-order chi connectivity index (χ0) is 16.4. The Morgan fingerprint density at radius 2 is 2.22 bits per heavy atom. The summed E-state index contributed by atoms with van der Waals surface area (Å²) in [6.45, 7) is 0.456. The largest absolute Gasteiger partial charge is 0.478 e. The van der Waals surface area contributed by atoms with Gasteiger partial charge in [-0.3, -0.25) is 14.7 Å². The van der Waals surface area contributed by atoms with Crippen molar-refractivity contribution in [3.8, 4) is 0 Å². The van der Waals surface area contributed by atoms with Gasteiger partial charge < -0.3 is 10.1 Å². The second-order valence-corrected chi connectivity index (χ2v) is 6.03. The molecule has 0 aliphatic carbocycles. The molecule has 1 aliphatic heterocycles. The molecular weight excluding hydrogens is 314 g/mol. The van der Waals surface area contributed by atoms with E-state index in [4.69, 9.17) is 5.11 Å². The highest BCUT2D eigenvalue weighted by atomic mass is 32.2. The molecule has 1 fully saturated rings. The van der Waals surface area contributed by atoms with Crippen molar-refractivity contribution in [3.05, 3.63) is 47.0 Å². The summed E-state index contributed by atoms with van der Waals surface area (Å²) >= 11 is 1.09. The van der Waals surface area contributed by atoms with Crippen molar-refractivity contribution >= 4 is 39.7 Å². The fourth-order valence-electron chi connectivity index (χ4n) is 2.55. The van der Waals surface area contributed by atoms with E-state index in [1.54, 1.807) is 7.05 Å². The molecule has 0 bridgehead atoms. The lowest BCUT2D eigenvalue weighted by Crippen LogP contribution is -2.31. The minimum Gasteiger partial charge on any atom is -0.478 e. The number of benzene rings is 1. The van der Waals surface area contributed by atoms with Crippen LogP contribution in [0.5, 0.6) is 0 Å². The van der Waals surface area contributed by atoms with E-state index in [0.29, 0.717) is 18.1 Å². The number of nitrogens with one attached hydrogen (secondary N) is 1. The van der Waals surface area contributed by atoms with Gasteiger partial charge in [-0.05, 0) is 29.8 Å². The summed E-state index contributed by atoms with van der Waals surface area (Å²) in [5, 5.41) is 10.5. The molecule has 118 valence electrons. The van der Waals surface area contributed by atoms with E-state index < -0.39 is 5.97 Å². The number of carboxylic acid groups (broad SMARTS) is 1. The molecule has 1 aromatic carbocycles. The number of thioether (sulfide) groups is 1. The molecule has 3 rings (SSSR count). The number of hydrogen-bond acceptors (Lipinski definition) is 4. The minimum absolute atomic E-state index is 0.192. The van der Waals surface area contributed by atoms with E-state index in [2.05, 4.69) is 9.98 Å². The highest BCUT2D eigenvalue weighted by Crippen LogP contribution is 2.31. The molecule has 1 aromatic heterocycles. The van der Waals surface area contributed by atoms with Gasteiger partial charge in [0.25, 0.3) is 5.91 Å². The van der Waals surface area contributed by atoms with E-state index in [-0.39, 0.29) is 10.8 Å². The number of nitrogens with zero attached hydrogens (tertiary/aromatic N) is 2. The molecule has 6 nitrogen and oxygen atoms in total. The first-order valence-corrected chi connectivity index (χ1v) is 7.88. The summed E-state index contributed by atoms with van der Waals surface area (Å²) in [5.41, 5.74) is 2.17. The first kappa shape index (κ1) is 15.4. The van der Waals surface area contributed by atoms with Crippen LogP contribution in [-0.2, 0) is 16.0 Å². The highest BCUT2D eigenvalue weighted by Gasteiger charge is 2.33. The third kappa shape index (κ3) is 3.00. The normalized spacial score (nSPS) is 18.5. The van der Waals surface area contributed by atoms with Crippen LogP contribution in [-0.4, -0.2) is 45.6 Å². The second kappa shape index (κ2) is 6.29. The predicted octanol–water partition coefficient (Wildman–Crippen LogP) is 2.24. The lowest BCUT2D eigenvalue weighted by atomic mass is 10.1. The Balaban J connectivity index is 1.79. The number of amidine groups is 1. The molecule has 1 saturated heterocycles. The Morgan fingerprint density at radius 3 is 2.96 bits per heavy atom. The maximum atomic E-state index is 12.3. The molecule has 0 radical (unpaired) electrons. The van der Waals surface area contributed by atoms with Crippen LogP contribution in [0.4, 0.5) is 0 Å². The van der Waals surface area contributed by atoms with Gasteiger partial charge in [-0.15, -0.1) is 0 Å². The monoisotopic (exact) mass is 329 g/mol. The summed E-state index contributed by atoms with van der Waals surface area (Å²) in [4.78, 5) is 32.1. The van der Waals surface area contributed by atoms with Crippen molar-refractivity contribution in [2.75, 3.05) is 13.6 Å². The smallest absolute Gasteiger partial charge is 0.329 e. The van der Waals surface area contributed by atoms with Crippen molar-refractivity contribution in [2.45, 2.75) is 6.42 Å². The molecule has 0 atom stereocenters. The second-order valence-electron chi connectivity index (χ2n) is 5.02. The van der Waals surface area contributed by atoms with Crippen LogP contribution >= 0.6 is 11.8 Å². The average molecular weight is 329 g/mol. The van der Waals surface area contributed by atoms with Crippen LogP contribution in [0.3, 0.4) is 0 Å². The number of carbonyl (C=O) groups is 2. The van der Waals surface area contributed by atoms with E-state index in [9.17, 15) is 9.59 Å². The SMILES string of the molecule is CN=C1SC(=CC(=O)O)C(=O)N1CCc1c[nH]c2ccccc12. The number of H-pyrrole nitrogens is 1. The maximum Gasteiger partial charge on any atom is 0.329 e. The fraction of sp³-hybridized carbons (Fsp3) is 0.188. The van der Waals surface area contributed by atoms with Gasteiger partial charge in [-0.1, -0.05) is 18.2 Å². The number of carboxylic acids is 1. The first-order valence-electron chi connectivity index (χ1n) is 7.06. The minimum atomic E-state index is -1.13. The standard InChI is InChI=1S/C16H15N3O3S/c1-17-16-19(15(22)13(23-16)8-14(20)21)7-6-10-9-18-12-5-3-2-4-11(10)12/h2-5,8-9,18H,6-7H2,1H3,(H,20,21). The molecule has 7 heteroatoms. The number of rotatable bonds is 4. The van der Waals surface area contributed by atoms with E-state index in [1.165, 1.54) is 4.90 Å². The molecule has 23 heavy (non-hydrogen) atoms. The van der Waals surface area contributed by atoms with Gasteiger partial charge in [-0.2, -0.15) is 0 Å². The molecule has 0 saturated carbocycles. The van der Waals surface area contributed by atoms with Gasteiger partial charge in [0.15, 0.2) is 5.17 Å². The van der Waals surface area contributed by atoms with Crippen molar-refractivity contribution in [2.24, 2.45) is 4.99 Å². The van der Waals surface area contributed by atoms with Crippen LogP contribution in [0.15, 0.2) is 46.4 Å². The zero-order valence-corrected chi connectivity index (χ0v) is 13.3. The van der Waals surface area contributed by atoms with Crippen molar-refractivity contribution < 1.29 is 14.7 Å². The number of hydrogen-bond donors (Lipinski definition) is 2. The molecule has 0 spiro atoms. The van der Waals surface area contributed by atoms with Gasteiger partial charge in [0.2, 0.25) is 0 Å². The Hall–Kier alpha value is -2.54. The number of aromatic nitrogens is 1. The number of aliphatic carboxylic acids is 1. The summed E-state index contributed by atoms with van der Waals surface area (Å²) in [7, 11) is 1.60. The number of amides is 1. The van der Waals surface area contributed by atoms with Gasteiger partial charge >= 0.3 is 5.97 Å². The van der Waals surface area contributed by atoms with Crippen LogP contribution < -0.4 is 0 Å². The highest BCUT2D eigenvalue weighted by molar-refractivity contribution is 8.18. The van der Waals surface area contributed by atoms with Crippen LogP contribution in [0.2, 0.25) is 0 Å². The molecular formula is C16H15N3O3S. The first-order chi connectivity index (χ1) is 11.1. The number of aliphatic imine (C=N–C) groups is 1. The molecule has 0 unspecified atom stereocenters. The summed E-state index contributed by atoms with van der Waals surface area (Å²) in [6, 6.07) is 7.98. The van der Waals surface area contributed by atoms with Crippen molar-refractivity contribution in [3.63, 3.8) is 0 Å². The zero-order valence-electron chi connectivity index (χ0n) is 12.4. The third-order valence-corrected chi connectivity index (χ3v) is 4.71. The van der Waals surface area contributed by atoms with E-state index >= 15 is 0 Å². The quantitative estimate of drug-likeness (QED) is 0.842. The van der Waals surface area contributed by atoms with Crippen molar-refractivity contribution in [1.82, 2.24) is 9.88 Å². The van der Waals surface area contributed by atoms with Gasteiger partial charge in [0.1, 0.15) is 0 Å². The van der Waals surface area contributed by atoms with Crippen LogP contribution in [0, 0.1) is 0 Å². The Kier molecular flexibility index (Phi) is 4.20. The number of carbonyl (C=O) groups excluding carboxylic acids is 1. The average Bonchev–Trinajstić information content (AvgIpc) is 3.07. The van der Waals surface area contributed by atoms with E-state index in [1.807, 2.05) is 30.5 Å². The molecule has 1 aliphatic rings. The fourth-order valence-corrected chi connectivity index (χ4v) is 3.48. The lowest BCUT2D eigenvalue weighted by Gasteiger charge is -2.14. The maximum absolute atomic E-state index is 12.3. The number of para-hydroxylation sites is 1. The summed E-state index contributed by atoms with van der Waals surface area (Å²) < 4.78 is 0. The molecule has 1 amide bonds. The molecule has 2 heterocycles. The van der Waals surface area contributed by atoms with Crippen LogP contribution in [0.1, 0.15) is 5.56 Å². The van der Waals surface area contributed by atoms with Gasteiger partial charge in [-0.25, -0.2) is 4.79 Å².